The van der Waals surface area contributed by atoms with Crippen LogP contribution < -0.4 is 9.47 Å². The minimum atomic E-state index is -3.70. The zero-order valence-corrected chi connectivity index (χ0v) is 16.5. The molecule has 1 aromatic rings. The van der Waals surface area contributed by atoms with Crippen molar-refractivity contribution in [1.29, 1.82) is 0 Å². The van der Waals surface area contributed by atoms with E-state index in [9.17, 15) is 13.2 Å². The average molecular weight is 398 g/mol. The van der Waals surface area contributed by atoms with Gasteiger partial charge in [-0.1, -0.05) is 0 Å². The lowest BCUT2D eigenvalue weighted by Gasteiger charge is -2.35. The average Bonchev–Trinajstić information content (AvgIpc) is 2.73. The Morgan fingerprint density at radius 2 is 1.74 bits per heavy atom. The van der Waals surface area contributed by atoms with E-state index in [2.05, 4.69) is 0 Å². The predicted molar refractivity (Wildman–Crippen MR) is 98.4 cm³/mol. The van der Waals surface area contributed by atoms with Gasteiger partial charge >= 0.3 is 0 Å². The molecule has 0 bridgehead atoms. The number of ether oxygens (including phenoxy) is 3. The maximum atomic E-state index is 13.0. The molecule has 2 fully saturated rings. The van der Waals surface area contributed by atoms with E-state index in [0.29, 0.717) is 58.0 Å². The molecule has 8 nitrogen and oxygen atoms in total. The molecule has 2 heterocycles. The molecule has 2 aliphatic heterocycles. The van der Waals surface area contributed by atoms with Crippen molar-refractivity contribution in [1.82, 2.24) is 9.21 Å². The Bertz CT molecular complexity index is 768. The minimum absolute atomic E-state index is 0.109. The van der Waals surface area contributed by atoms with Gasteiger partial charge in [-0.3, -0.25) is 4.79 Å². The Balaban J connectivity index is 1.69. The molecule has 150 valence electrons. The molecule has 0 radical (unpaired) electrons. The fourth-order valence-electron chi connectivity index (χ4n) is 3.51. The molecule has 27 heavy (non-hydrogen) atoms. The van der Waals surface area contributed by atoms with Crippen LogP contribution in [0.4, 0.5) is 0 Å². The smallest absolute Gasteiger partial charge is 0.246 e. The first-order valence-corrected chi connectivity index (χ1v) is 10.5. The SMILES string of the molecule is COc1ccc(S(=O)(=O)N2CCC(C(=O)N3CCOCC3)CC2)c(OC)c1. The summed E-state index contributed by atoms with van der Waals surface area (Å²) in [6.07, 6.45) is 1.04. The number of amides is 1. The Morgan fingerprint density at radius 3 is 2.33 bits per heavy atom. The van der Waals surface area contributed by atoms with Gasteiger partial charge in [-0.05, 0) is 25.0 Å². The quantitative estimate of drug-likeness (QED) is 0.735. The third-order valence-electron chi connectivity index (χ3n) is 5.11. The number of morpholine rings is 1. The van der Waals surface area contributed by atoms with Crippen molar-refractivity contribution in [2.75, 3.05) is 53.6 Å². The van der Waals surface area contributed by atoms with E-state index < -0.39 is 10.0 Å². The molecule has 1 aromatic carbocycles. The Labute approximate surface area is 160 Å². The highest BCUT2D eigenvalue weighted by Gasteiger charge is 2.35. The van der Waals surface area contributed by atoms with Crippen LogP contribution in [0.3, 0.4) is 0 Å². The molecule has 0 saturated carbocycles. The first-order valence-electron chi connectivity index (χ1n) is 9.06. The summed E-state index contributed by atoms with van der Waals surface area (Å²) in [5, 5.41) is 0. The molecule has 0 spiro atoms. The van der Waals surface area contributed by atoms with Crippen LogP contribution in [0, 0.1) is 5.92 Å². The second-order valence-electron chi connectivity index (χ2n) is 6.63. The number of benzene rings is 1. The monoisotopic (exact) mass is 398 g/mol. The number of rotatable bonds is 5. The van der Waals surface area contributed by atoms with Gasteiger partial charge in [-0.15, -0.1) is 0 Å². The normalized spacial score (nSPS) is 19.7. The summed E-state index contributed by atoms with van der Waals surface area (Å²) in [6.45, 7) is 2.99. The summed E-state index contributed by atoms with van der Waals surface area (Å²) in [5.41, 5.74) is 0. The van der Waals surface area contributed by atoms with Crippen molar-refractivity contribution in [3.05, 3.63) is 18.2 Å². The van der Waals surface area contributed by atoms with Gasteiger partial charge in [0, 0.05) is 38.2 Å². The van der Waals surface area contributed by atoms with Crippen LogP contribution in [0.5, 0.6) is 11.5 Å². The summed E-state index contributed by atoms with van der Waals surface area (Å²) < 4.78 is 43.2. The molecule has 9 heteroatoms. The molecule has 2 aliphatic rings. The van der Waals surface area contributed by atoms with Crippen molar-refractivity contribution in [2.45, 2.75) is 17.7 Å². The van der Waals surface area contributed by atoms with Crippen molar-refractivity contribution >= 4 is 15.9 Å². The van der Waals surface area contributed by atoms with E-state index >= 15 is 0 Å². The number of carbonyl (C=O) groups is 1. The van der Waals surface area contributed by atoms with E-state index in [0.717, 1.165) is 0 Å². The third kappa shape index (κ3) is 4.20. The molecule has 2 saturated heterocycles. The number of piperidine rings is 1. The van der Waals surface area contributed by atoms with Gasteiger partial charge in [0.15, 0.2) is 0 Å². The van der Waals surface area contributed by atoms with Gasteiger partial charge in [0.1, 0.15) is 16.4 Å². The standard InChI is InChI=1S/C18H26N2O6S/c1-24-15-3-4-17(16(13-15)25-2)27(22,23)20-7-5-14(6-8-20)18(21)19-9-11-26-12-10-19/h3-4,13-14H,5-12H2,1-2H3. The number of sulfonamides is 1. The highest BCUT2D eigenvalue weighted by atomic mass is 32.2. The lowest BCUT2D eigenvalue weighted by atomic mass is 9.96. The lowest BCUT2D eigenvalue weighted by molar-refractivity contribution is -0.140. The van der Waals surface area contributed by atoms with E-state index in [-0.39, 0.29) is 22.5 Å². The first kappa shape index (κ1) is 19.9. The summed E-state index contributed by atoms with van der Waals surface area (Å²) in [4.78, 5) is 14.6. The topological polar surface area (TPSA) is 85.4 Å². The molecule has 0 aromatic heterocycles. The number of hydrogen-bond acceptors (Lipinski definition) is 6. The highest BCUT2D eigenvalue weighted by Crippen LogP contribution is 2.32. The predicted octanol–water partition coefficient (Wildman–Crippen LogP) is 0.963. The van der Waals surface area contributed by atoms with Crippen molar-refractivity contribution in [3.63, 3.8) is 0 Å². The van der Waals surface area contributed by atoms with Crippen molar-refractivity contribution in [3.8, 4) is 11.5 Å². The fourth-order valence-corrected chi connectivity index (χ4v) is 5.12. The van der Waals surface area contributed by atoms with Crippen LogP contribution in [0.25, 0.3) is 0 Å². The van der Waals surface area contributed by atoms with Gasteiger partial charge in [0.2, 0.25) is 15.9 Å². The van der Waals surface area contributed by atoms with Gasteiger partial charge in [0.25, 0.3) is 0 Å². The lowest BCUT2D eigenvalue weighted by Crippen LogP contribution is -2.47. The van der Waals surface area contributed by atoms with Gasteiger partial charge in [0.05, 0.1) is 27.4 Å². The summed E-state index contributed by atoms with van der Waals surface area (Å²) in [6, 6.07) is 4.66. The van der Waals surface area contributed by atoms with Gasteiger partial charge in [-0.25, -0.2) is 8.42 Å². The molecular weight excluding hydrogens is 372 g/mol. The molecule has 0 aliphatic carbocycles. The van der Waals surface area contributed by atoms with Crippen LogP contribution in [-0.4, -0.2) is 77.1 Å². The number of carbonyl (C=O) groups excluding carboxylic acids is 1. The fraction of sp³-hybridized carbons (Fsp3) is 0.611. The number of hydrogen-bond donors (Lipinski definition) is 0. The van der Waals surface area contributed by atoms with Crippen molar-refractivity contribution in [2.24, 2.45) is 5.92 Å². The van der Waals surface area contributed by atoms with E-state index in [1.807, 2.05) is 4.90 Å². The summed E-state index contributed by atoms with van der Waals surface area (Å²) >= 11 is 0. The highest BCUT2D eigenvalue weighted by molar-refractivity contribution is 7.89. The van der Waals surface area contributed by atoms with Crippen LogP contribution in [0.1, 0.15) is 12.8 Å². The Kier molecular flexibility index (Phi) is 6.23. The van der Waals surface area contributed by atoms with Gasteiger partial charge in [-0.2, -0.15) is 4.31 Å². The molecule has 0 N–H and O–H groups in total. The zero-order chi connectivity index (χ0) is 19.4. The van der Waals surface area contributed by atoms with Crippen molar-refractivity contribution < 1.29 is 27.4 Å². The number of nitrogens with zero attached hydrogens (tertiary/aromatic N) is 2. The van der Waals surface area contributed by atoms with Crippen LogP contribution in [-0.2, 0) is 19.6 Å². The zero-order valence-electron chi connectivity index (χ0n) is 15.7. The largest absolute Gasteiger partial charge is 0.497 e. The minimum Gasteiger partial charge on any atom is -0.497 e. The van der Waals surface area contributed by atoms with E-state index in [4.69, 9.17) is 14.2 Å². The Hall–Kier alpha value is -1.84. The van der Waals surface area contributed by atoms with Crippen LogP contribution in [0.2, 0.25) is 0 Å². The maximum absolute atomic E-state index is 13.0. The van der Waals surface area contributed by atoms with Crippen LogP contribution >= 0.6 is 0 Å². The van der Waals surface area contributed by atoms with Gasteiger partial charge < -0.3 is 19.1 Å². The third-order valence-corrected chi connectivity index (χ3v) is 7.05. The molecule has 0 unspecified atom stereocenters. The molecule has 3 rings (SSSR count). The molecule has 0 atom stereocenters. The number of methoxy groups -OCH3 is 2. The molecule has 1 amide bonds. The van der Waals surface area contributed by atoms with Crippen LogP contribution in [0.15, 0.2) is 23.1 Å². The molecular formula is C18H26N2O6S. The second kappa shape index (κ2) is 8.45. The maximum Gasteiger partial charge on any atom is 0.246 e. The van der Waals surface area contributed by atoms with E-state index in [1.165, 1.54) is 24.6 Å². The first-order chi connectivity index (χ1) is 13.0. The second-order valence-corrected chi connectivity index (χ2v) is 8.54. The summed E-state index contributed by atoms with van der Waals surface area (Å²) in [5.74, 6) is 0.756. The summed E-state index contributed by atoms with van der Waals surface area (Å²) in [7, 11) is -0.751. The Morgan fingerprint density at radius 1 is 1.07 bits per heavy atom. The van der Waals surface area contributed by atoms with E-state index in [1.54, 1.807) is 12.1 Å².